The first-order valence-corrected chi connectivity index (χ1v) is 5.10. The van der Waals surface area contributed by atoms with Gasteiger partial charge in [0.1, 0.15) is 5.75 Å². The Bertz CT molecular complexity index is 350. The quantitative estimate of drug-likeness (QED) is 0.859. The van der Waals surface area contributed by atoms with Crippen LogP contribution in [0.2, 0.25) is 5.02 Å². The number of nitrogens with two attached hydrogens (primary N) is 1. The molecule has 0 aromatic heterocycles. The van der Waals surface area contributed by atoms with Gasteiger partial charge in [0.25, 0.3) is 5.91 Å². The Labute approximate surface area is 94.2 Å². The van der Waals surface area contributed by atoms with Gasteiger partial charge < -0.3 is 10.5 Å². The van der Waals surface area contributed by atoms with Crippen LogP contribution in [0.5, 0.6) is 5.75 Å². The summed E-state index contributed by atoms with van der Waals surface area (Å²) in [6.45, 7) is 3.52. The molecule has 0 aliphatic carbocycles. The van der Waals surface area contributed by atoms with Gasteiger partial charge >= 0.3 is 0 Å². The van der Waals surface area contributed by atoms with Crippen LogP contribution in [0.3, 0.4) is 0 Å². The summed E-state index contributed by atoms with van der Waals surface area (Å²) >= 11 is 5.73. The van der Waals surface area contributed by atoms with Crippen molar-refractivity contribution < 1.29 is 9.53 Å². The molecule has 0 fully saturated rings. The molecule has 0 saturated carbocycles. The van der Waals surface area contributed by atoms with E-state index in [1.54, 1.807) is 31.2 Å². The number of halogens is 1. The lowest BCUT2D eigenvalue weighted by Gasteiger charge is -2.25. The highest BCUT2D eigenvalue weighted by atomic mass is 35.5. The van der Waals surface area contributed by atoms with Crippen LogP contribution in [0, 0.1) is 0 Å². The highest BCUT2D eigenvalue weighted by Gasteiger charge is 2.31. The largest absolute Gasteiger partial charge is 0.478 e. The van der Waals surface area contributed by atoms with Crippen molar-refractivity contribution in [2.75, 3.05) is 0 Å². The molecule has 1 rings (SSSR count). The molecule has 1 amide bonds. The molecule has 3 nitrogen and oxygen atoms in total. The van der Waals surface area contributed by atoms with E-state index in [1.807, 2.05) is 6.92 Å². The zero-order chi connectivity index (χ0) is 11.5. The van der Waals surface area contributed by atoms with E-state index < -0.39 is 11.5 Å². The number of hydrogen-bond acceptors (Lipinski definition) is 2. The summed E-state index contributed by atoms with van der Waals surface area (Å²) in [5, 5.41) is 0.625. The van der Waals surface area contributed by atoms with E-state index in [-0.39, 0.29) is 0 Å². The standard InChI is InChI=1S/C11H14ClNO2/c1-3-11(2,10(13)14)15-9-6-4-8(12)5-7-9/h4-7H,3H2,1-2H3,(H2,13,14). The molecular formula is C11H14ClNO2. The predicted octanol–water partition coefficient (Wildman–Crippen LogP) is 2.37. The molecular weight excluding hydrogens is 214 g/mol. The highest BCUT2D eigenvalue weighted by Crippen LogP contribution is 2.22. The first-order valence-electron chi connectivity index (χ1n) is 4.72. The maximum absolute atomic E-state index is 11.2. The Balaban J connectivity index is 2.84. The Hall–Kier alpha value is -1.22. The smallest absolute Gasteiger partial charge is 0.261 e. The van der Waals surface area contributed by atoms with Gasteiger partial charge in [0.05, 0.1) is 0 Å². The van der Waals surface area contributed by atoms with Crippen LogP contribution in [0.1, 0.15) is 20.3 Å². The summed E-state index contributed by atoms with van der Waals surface area (Å²) in [4.78, 5) is 11.2. The molecule has 82 valence electrons. The number of carbonyl (C=O) groups is 1. The fourth-order valence-electron chi connectivity index (χ4n) is 1.06. The van der Waals surface area contributed by atoms with Gasteiger partial charge in [-0.1, -0.05) is 18.5 Å². The van der Waals surface area contributed by atoms with Crippen molar-refractivity contribution in [3.05, 3.63) is 29.3 Å². The Kier molecular flexibility index (Phi) is 3.58. The lowest BCUT2D eigenvalue weighted by Crippen LogP contribution is -2.45. The van der Waals surface area contributed by atoms with Crippen LogP contribution in [0.15, 0.2) is 24.3 Å². The molecule has 0 heterocycles. The zero-order valence-electron chi connectivity index (χ0n) is 8.79. The summed E-state index contributed by atoms with van der Waals surface area (Å²) in [5.41, 5.74) is 4.30. The highest BCUT2D eigenvalue weighted by molar-refractivity contribution is 6.30. The van der Waals surface area contributed by atoms with Crippen molar-refractivity contribution in [3.63, 3.8) is 0 Å². The van der Waals surface area contributed by atoms with Crippen LogP contribution in [-0.4, -0.2) is 11.5 Å². The van der Waals surface area contributed by atoms with E-state index >= 15 is 0 Å². The molecule has 0 spiro atoms. The number of hydrogen-bond donors (Lipinski definition) is 1. The van der Waals surface area contributed by atoms with Gasteiger partial charge in [0.15, 0.2) is 5.60 Å². The van der Waals surface area contributed by atoms with Crippen LogP contribution >= 0.6 is 11.6 Å². The van der Waals surface area contributed by atoms with Gasteiger partial charge in [-0.25, -0.2) is 0 Å². The molecule has 0 saturated heterocycles. The van der Waals surface area contributed by atoms with Gasteiger partial charge in [0, 0.05) is 5.02 Å². The lowest BCUT2D eigenvalue weighted by molar-refractivity contribution is -0.132. The Morgan fingerprint density at radius 1 is 1.47 bits per heavy atom. The van der Waals surface area contributed by atoms with E-state index in [9.17, 15) is 4.79 Å². The van der Waals surface area contributed by atoms with E-state index in [4.69, 9.17) is 22.1 Å². The summed E-state index contributed by atoms with van der Waals surface area (Å²) in [6.07, 6.45) is 0.519. The van der Waals surface area contributed by atoms with Crippen molar-refractivity contribution in [2.24, 2.45) is 5.73 Å². The minimum absolute atomic E-state index is 0.472. The van der Waals surface area contributed by atoms with Gasteiger partial charge in [0.2, 0.25) is 0 Å². The number of ether oxygens (including phenoxy) is 1. The average Bonchev–Trinajstić information content (AvgIpc) is 2.21. The molecule has 1 aromatic rings. The fraction of sp³-hybridized carbons (Fsp3) is 0.364. The number of carbonyl (C=O) groups excluding carboxylic acids is 1. The molecule has 2 N–H and O–H groups in total. The van der Waals surface area contributed by atoms with Crippen LogP contribution < -0.4 is 10.5 Å². The van der Waals surface area contributed by atoms with Gasteiger partial charge in [-0.05, 0) is 37.6 Å². The second-order valence-corrected chi connectivity index (χ2v) is 3.94. The molecule has 0 aliphatic rings. The van der Waals surface area contributed by atoms with Gasteiger partial charge in [-0.2, -0.15) is 0 Å². The van der Waals surface area contributed by atoms with Crippen molar-refractivity contribution >= 4 is 17.5 Å². The van der Waals surface area contributed by atoms with Crippen LogP contribution in [0.4, 0.5) is 0 Å². The molecule has 0 radical (unpaired) electrons. The van der Waals surface area contributed by atoms with Crippen molar-refractivity contribution in [3.8, 4) is 5.75 Å². The monoisotopic (exact) mass is 227 g/mol. The number of amides is 1. The van der Waals surface area contributed by atoms with Crippen molar-refractivity contribution in [1.29, 1.82) is 0 Å². The van der Waals surface area contributed by atoms with E-state index in [1.165, 1.54) is 0 Å². The number of benzene rings is 1. The Morgan fingerprint density at radius 2 is 2.00 bits per heavy atom. The minimum atomic E-state index is -0.964. The summed E-state index contributed by atoms with van der Waals surface area (Å²) in [6, 6.07) is 6.82. The number of primary amides is 1. The molecule has 1 unspecified atom stereocenters. The van der Waals surface area contributed by atoms with Gasteiger partial charge in [-0.3, -0.25) is 4.79 Å². The van der Waals surface area contributed by atoms with Crippen LogP contribution in [0.25, 0.3) is 0 Å². The summed E-state index contributed by atoms with van der Waals surface area (Å²) < 4.78 is 5.53. The molecule has 1 aromatic carbocycles. The minimum Gasteiger partial charge on any atom is -0.478 e. The average molecular weight is 228 g/mol. The molecule has 15 heavy (non-hydrogen) atoms. The molecule has 1 atom stereocenters. The fourth-order valence-corrected chi connectivity index (χ4v) is 1.19. The zero-order valence-corrected chi connectivity index (χ0v) is 9.54. The van der Waals surface area contributed by atoms with Crippen molar-refractivity contribution in [1.82, 2.24) is 0 Å². The first kappa shape index (κ1) is 11.9. The summed E-state index contributed by atoms with van der Waals surface area (Å²) in [7, 11) is 0. The van der Waals surface area contributed by atoms with E-state index in [0.29, 0.717) is 17.2 Å². The van der Waals surface area contributed by atoms with Gasteiger partial charge in [-0.15, -0.1) is 0 Å². The van der Waals surface area contributed by atoms with Crippen LogP contribution in [-0.2, 0) is 4.79 Å². The third kappa shape index (κ3) is 2.86. The third-order valence-electron chi connectivity index (χ3n) is 2.35. The van der Waals surface area contributed by atoms with E-state index in [2.05, 4.69) is 0 Å². The predicted molar refractivity (Wildman–Crippen MR) is 60.0 cm³/mol. The maximum atomic E-state index is 11.2. The normalized spacial score (nSPS) is 14.3. The maximum Gasteiger partial charge on any atom is 0.261 e. The second kappa shape index (κ2) is 4.53. The molecule has 0 aliphatic heterocycles. The van der Waals surface area contributed by atoms with E-state index in [0.717, 1.165) is 0 Å². The number of rotatable bonds is 4. The Morgan fingerprint density at radius 3 is 2.40 bits per heavy atom. The molecule has 4 heteroatoms. The topological polar surface area (TPSA) is 52.3 Å². The molecule has 0 bridgehead atoms. The summed E-state index contributed by atoms with van der Waals surface area (Å²) in [5.74, 6) is 0.113. The first-order chi connectivity index (χ1) is 6.98. The third-order valence-corrected chi connectivity index (χ3v) is 2.60. The lowest BCUT2D eigenvalue weighted by atomic mass is 10.0. The SMILES string of the molecule is CCC(C)(Oc1ccc(Cl)cc1)C(N)=O. The second-order valence-electron chi connectivity index (χ2n) is 3.50. The van der Waals surface area contributed by atoms with Crippen molar-refractivity contribution in [2.45, 2.75) is 25.9 Å².